The first kappa shape index (κ1) is 16.5. The Bertz CT molecular complexity index is 705. The fourth-order valence-electron chi connectivity index (χ4n) is 3.94. The number of carbonyl (C=O) groups is 1. The maximum atomic E-state index is 12.7. The van der Waals surface area contributed by atoms with Crippen molar-refractivity contribution in [2.45, 2.75) is 51.1 Å². The van der Waals surface area contributed by atoms with Crippen LogP contribution in [-0.4, -0.2) is 33.3 Å². The molecule has 4 rings (SSSR count). The predicted molar refractivity (Wildman–Crippen MR) is 98.3 cm³/mol. The summed E-state index contributed by atoms with van der Waals surface area (Å²) in [6.07, 6.45) is 10.2. The molecule has 132 valence electrons. The molecule has 1 aromatic carbocycles. The molecule has 1 saturated carbocycles. The lowest BCUT2D eigenvalue weighted by atomic mass is 9.90. The summed E-state index contributed by atoms with van der Waals surface area (Å²) in [7, 11) is 0. The molecule has 1 atom stereocenters. The van der Waals surface area contributed by atoms with Gasteiger partial charge in [-0.2, -0.15) is 0 Å². The quantitative estimate of drug-likeness (QED) is 0.774. The summed E-state index contributed by atoms with van der Waals surface area (Å²) in [5.74, 6) is 0.638. The largest absolute Gasteiger partial charge is 0.330 e. The van der Waals surface area contributed by atoms with Gasteiger partial charge in [0, 0.05) is 37.7 Å². The first-order chi connectivity index (χ1) is 12.3. The summed E-state index contributed by atoms with van der Waals surface area (Å²) in [5, 5.41) is 0. The van der Waals surface area contributed by atoms with Gasteiger partial charge >= 0.3 is 0 Å². The highest BCUT2D eigenvalue weighted by Crippen LogP contribution is 2.36. The molecular formula is C21H27N3O. The minimum absolute atomic E-state index is 0.203. The Kier molecular flexibility index (Phi) is 4.97. The van der Waals surface area contributed by atoms with Gasteiger partial charge in [0.05, 0.1) is 12.0 Å². The van der Waals surface area contributed by atoms with E-state index < -0.39 is 0 Å². The topological polar surface area (TPSA) is 38.1 Å². The minimum Gasteiger partial charge on any atom is -0.330 e. The summed E-state index contributed by atoms with van der Waals surface area (Å²) in [6, 6.07) is 11.0. The Balaban J connectivity index is 1.31. The number of carbonyl (C=O) groups excluding carboxylic acids is 1. The second kappa shape index (κ2) is 7.52. The lowest BCUT2D eigenvalue weighted by molar-refractivity contribution is -0.124. The van der Waals surface area contributed by atoms with E-state index in [1.54, 1.807) is 0 Å². The van der Waals surface area contributed by atoms with Gasteiger partial charge in [-0.1, -0.05) is 30.3 Å². The number of imidazole rings is 1. The number of hydrogen-bond acceptors (Lipinski definition) is 3. The maximum absolute atomic E-state index is 12.7. The highest BCUT2D eigenvalue weighted by Gasteiger charge is 2.28. The Hall–Kier alpha value is -1.94. The number of benzene rings is 1. The van der Waals surface area contributed by atoms with Crippen molar-refractivity contribution in [2.24, 2.45) is 5.92 Å². The van der Waals surface area contributed by atoms with Crippen LogP contribution in [0.5, 0.6) is 0 Å². The van der Waals surface area contributed by atoms with Gasteiger partial charge in [-0.05, 0) is 44.2 Å². The summed E-state index contributed by atoms with van der Waals surface area (Å²) in [6.45, 7) is 2.93. The van der Waals surface area contributed by atoms with Crippen molar-refractivity contribution in [2.75, 3.05) is 13.1 Å². The van der Waals surface area contributed by atoms with Crippen LogP contribution in [0.1, 0.15) is 49.4 Å². The molecule has 2 aromatic rings. The number of likely N-dealkylation sites (tertiary alicyclic amines) is 1. The van der Waals surface area contributed by atoms with E-state index in [2.05, 4.69) is 26.6 Å². The third kappa shape index (κ3) is 4.18. The van der Waals surface area contributed by atoms with Crippen molar-refractivity contribution in [1.29, 1.82) is 0 Å². The first-order valence-electron chi connectivity index (χ1n) is 9.59. The van der Waals surface area contributed by atoms with Crippen LogP contribution in [0.3, 0.4) is 0 Å². The molecule has 0 N–H and O–H groups in total. The zero-order valence-corrected chi connectivity index (χ0v) is 14.8. The number of piperidine rings is 1. The van der Waals surface area contributed by atoms with Gasteiger partial charge < -0.3 is 4.57 Å². The lowest BCUT2D eigenvalue weighted by Gasteiger charge is -2.32. The van der Waals surface area contributed by atoms with Gasteiger partial charge in [0.2, 0.25) is 0 Å². The van der Waals surface area contributed by atoms with Gasteiger partial charge in [-0.25, -0.2) is 4.98 Å². The van der Waals surface area contributed by atoms with Crippen molar-refractivity contribution in [3.05, 3.63) is 54.1 Å². The van der Waals surface area contributed by atoms with E-state index in [1.165, 1.54) is 24.1 Å². The molecule has 1 aromatic heterocycles. The van der Waals surface area contributed by atoms with Crippen LogP contribution in [0.2, 0.25) is 0 Å². The van der Waals surface area contributed by atoms with Crippen LogP contribution in [-0.2, 0) is 17.8 Å². The van der Waals surface area contributed by atoms with E-state index in [9.17, 15) is 4.79 Å². The molecule has 2 aliphatic rings. The molecule has 25 heavy (non-hydrogen) atoms. The molecular weight excluding hydrogens is 310 g/mol. The van der Waals surface area contributed by atoms with E-state index >= 15 is 0 Å². The molecule has 2 heterocycles. The molecule has 1 saturated heterocycles. The van der Waals surface area contributed by atoms with Gasteiger partial charge in [-0.15, -0.1) is 0 Å². The fraction of sp³-hybridized carbons (Fsp3) is 0.524. The number of aromatic nitrogens is 2. The minimum atomic E-state index is 0.203. The number of rotatable bonds is 7. The van der Waals surface area contributed by atoms with Gasteiger partial charge in [-0.3, -0.25) is 9.69 Å². The normalized spacial score (nSPS) is 21.4. The third-order valence-electron chi connectivity index (χ3n) is 5.54. The highest BCUT2D eigenvalue weighted by atomic mass is 16.1. The summed E-state index contributed by atoms with van der Waals surface area (Å²) >= 11 is 0. The molecule has 1 aliphatic carbocycles. The zero-order valence-electron chi connectivity index (χ0n) is 14.8. The molecule has 0 radical (unpaired) electrons. The smallest absolute Gasteiger partial charge is 0.137 e. The first-order valence-corrected chi connectivity index (χ1v) is 9.59. The monoisotopic (exact) mass is 337 g/mol. The maximum Gasteiger partial charge on any atom is 0.137 e. The molecule has 2 fully saturated rings. The fourth-order valence-corrected chi connectivity index (χ4v) is 3.94. The predicted octanol–water partition coefficient (Wildman–Crippen LogP) is 3.63. The molecule has 0 spiro atoms. The van der Waals surface area contributed by atoms with Crippen molar-refractivity contribution >= 4 is 5.78 Å². The van der Waals surface area contributed by atoms with E-state index in [0.717, 1.165) is 38.9 Å². The van der Waals surface area contributed by atoms with Crippen molar-refractivity contribution in [3.8, 4) is 0 Å². The lowest BCUT2D eigenvalue weighted by Crippen LogP contribution is -2.38. The number of nitrogens with zero attached hydrogens (tertiary/aromatic N) is 3. The standard InChI is InChI=1S/C21H27N3O/c25-21(11-8-17-5-2-1-3-6-17)18-7-4-12-23(14-18)15-20-13-22-16-24(20)19-9-10-19/h1-3,5-6,13,16,18-19H,4,7-12,14-15H2/t18-/m0/s1. The van der Waals surface area contributed by atoms with Crippen LogP contribution in [0.25, 0.3) is 0 Å². The van der Waals surface area contributed by atoms with Gasteiger partial charge in [0.25, 0.3) is 0 Å². The van der Waals surface area contributed by atoms with Gasteiger partial charge in [0.1, 0.15) is 5.78 Å². The second-order valence-electron chi connectivity index (χ2n) is 7.55. The summed E-state index contributed by atoms with van der Waals surface area (Å²) in [5.41, 5.74) is 2.57. The van der Waals surface area contributed by atoms with Crippen LogP contribution in [0.15, 0.2) is 42.9 Å². The highest BCUT2D eigenvalue weighted by molar-refractivity contribution is 5.81. The van der Waals surface area contributed by atoms with Crippen molar-refractivity contribution in [1.82, 2.24) is 14.5 Å². The average Bonchev–Trinajstić information content (AvgIpc) is 3.40. The summed E-state index contributed by atoms with van der Waals surface area (Å²) < 4.78 is 2.33. The molecule has 0 bridgehead atoms. The van der Waals surface area contributed by atoms with Gasteiger partial charge in [0.15, 0.2) is 0 Å². The molecule has 4 heteroatoms. The SMILES string of the molecule is O=C(CCc1ccccc1)[C@H]1CCCN(Cc2cncn2C2CC2)C1. The molecule has 0 unspecified atom stereocenters. The third-order valence-corrected chi connectivity index (χ3v) is 5.54. The van der Waals surface area contributed by atoms with Crippen LogP contribution in [0.4, 0.5) is 0 Å². The van der Waals surface area contributed by atoms with Crippen LogP contribution >= 0.6 is 0 Å². The summed E-state index contributed by atoms with van der Waals surface area (Å²) in [4.78, 5) is 19.4. The van der Waals surface area contributed by atoms with Crippen molar-refractivity contribution < 1.29 is 4.79 Å². The van der Waals surface area contributed by atoms with Crippen molar-refractivity contribution in [3.63, 3.8) is 0 Å². The molecule has 4 nitrogen and oxygen atoms in total. The average molecular weight is 337 g/mol. The van der Waals surface area contributed by atoms with E-state index in [-0.39, 0.29) is 5.92 Å². The number of hydrogen-bond donors (Lipinski definition) is 0. The Morgan fingerprint density at radius 3 is 2.80 bits per heavy atom. The molecule has 1 aliphatic heterocycles. The Labute approximate surface area is 149 Å². The van der Waals surface area contributed by atoms with Crippen LogP contribution in [0, 0.1) is 5.92 Å². The van der Waals surface area contributed by atoms with E-state index in [0.29, 0.717) is 18.2 Å². The second-order valence-corrected chi connectivity index (χ2v) is 7.55. The number of aryl methyl sites for hydroxylation is 1. The Morgan fingerprint density at radius 2 is 2.00 bits per heavy atom. The molecule has 0 amide bonds. The number of ketones is 1. The van der Waals surface area contributed by atoms with E-state index in [1.807, 2.05) is 30.7 Å². The number of Topliss-reactive ketones (excluding diaryl/α,β-unsaturated/α-hetero) is 1. The zero-order chi connectivity index (χ0) is 17.1. The van der Waals surface area contributed by atoms with E-state index in [4.69, 9.17) is 0 Å². The Morgan fingerprint density at radius 1 is 1.16 bits per heavy atom. The van der Waals surface area contributed by atoms with Crippen LogP contribution < -0.4 is 0 Å².